The van der Waals surface area contributed by atoms with E-state index in [4.69, 9.17) is 21.1 Å². The highest BCUT2D eigenvalue weighted by Gasteiger charge is 2.51. The zero-order valence-electron chi connectivity index (χ0n) is 24.3. The number of carbonyl (C=O) groups is 3. The third-order valence-corrected chi connectivity index (χ3v) is 9.93. The van der Waals surface area contributed by atoms with Crippen LogP contribution in [0.1, 0.15) is 60.9 Å². The second-order valence-electron chi connectivity index (χ2n) is 12.9. The number of methoxy groups -OCH3 is 1. The SMILES string of the molecule is COC(=O)c1ccc(Oc2cc(Cl)cc(CN3CCN(C(=O)CNC(=O)CC45CC6CC(CC(C6)C4)C5)CC3)c2)cc1. The van der Waals surface area contributed by atoms with Gasteiger partial charge in [0, 0.05) is 44.2 Å². The second kappa shape index (κ2) is 12.3. The summed E-state index contributed by atoms with van der Waals surface area (Å²) in [6, 6.07) is 12.4. The van der Waals surface area contributed by atoms with Gasteiger partial charge in [0.2, 0.25) is 11.8 Å². The Morgan fingerprint density at radius 1 is 0.905 bits per heavy atom. The summed E-state index contributed by atoms with van der Waals surface area (Å²) in [5, 5.41) is 3.53. The lowest BCUT2D eigenvalue weighted by atomic mass is 9.49. The number of rotatable bonds is 9. The van der Waals surface area contributed by atoms with Gasteiger partial charge in [-0.05, 0) is 110 Å². The maximum Gasteiger partial charge on any atom is 0.337 e. The summed E-state index contributed by atoms with van der Waals surface area (Å²) in [5.41, 5.74) is 1.66. The molecule has 2 aromatic rings. The van der Waals surface area contributed by atoms with Crippen molar-refractivity contribution in [2.75, 3.05) is 39.8 Å². The molecular weight excluding hydrogens is 554 g/mol. The normalized spacial score (nSPS) is 26.6. The molecule has 4 bridgehead atoms. The van der Waals surface area contributed by atoms with Gasteiger partial charge in [0.05, 0.1) is 19.2 Å². The fraction of sp³-hybridized carbons (Fsp3) is 0.545. The van der Waals surface area contributed by atoms with Crippen LogP contribution in [0.2, 0.25) is 5.02 Å². The van der Waals surface area contributed by atoms with E-state index < -0.39 is 5.97 Å². The summed E-state index contributed by atoms with van der Waals surface area (Å²) < 4.78 is 10.7. The molecule has 1 saturated heterocycles. The second-order valence-corrected chi connectivity index (χ2v) is 13.4. The first kappa shape index (κ1) is 29.0. The maximum atomic E-state index is 12.9. The molecule has 0 aromatic heterocycles. The summed E-state index contributed by atoms with van der Waals surface area (Å²) >= 11 is 6.40. The first-order chi connectivity index (χ1) is 20.3. The van der Waals surface area contributed by atoms with Crippen LogP contribution >= 0.6 is 11.6 Å². The molecule has 5 fully saturated rings. The minimum atomic E-state index is -0.398. The van der Waals surface area contributed by atoms with Crippen LogP contribution in [0.15, 0.2) is 42.5 Å². The van der Waals surface area contributed by atoms with E-state index in [0.717, 1.165) is 36.4 Å². The lowest BCUT2D eigenvalue weighted by molar-refractivity contribution is -0.136. The predicted octanol–water partition coefficient (Wildman–Crippen LogP) is 5.29. The Balaban J connectivity index is 0.951. The van der Waals surface area contributed by atoms with Crippen molar-refractivity contribution in [3.63, 3.8) is 0 Å². The third kappa shape index (κ3) is 6.76. The number of amides is 2. The van der Waals surface area contributed by atoms with Crippen LogP contribution in [0.4, 0.5) is 0 Å². The van der Waals surface area contributed by atoms with Crippen molar-refractivity contribution in [3.8, 4) is 11.5 Å². The Bertz CT molecular complexity index is 1290. The molecular formula is C33H40ClN3O5. The summed E-state index contributed by atoms with van der Waals surface area (Å²) in [6.45, 7) is 3.50. The molecule has 8 nitrogen and oxygen atoms in total. The number of benzene rings is 2. The zero-order chi connectivity index (χ0) is 29.3. The van der Waals surface area contributed by atoms with Crippen LogP contribution in [-0.2, 0) is 20.9 Å². The lowest BCUT2D eigenvalue weighted by Gasteiger charge is -2.56. The summed E-state index contributed by atoms with van der Waals surface area (Å²) in [4.78, 5) is 41.6. The molecule has 5 aliphatic rings. The third-order valence-electron chi connectivity index (χ3n) is 9.71. The number of carbonyl (C=O) groups excluding carboxylic acids is 3. The van der Waals surface area contributed by atoms with Crippen LogP contribution in [0.25, 0.3) is 0 Å². The maximum absolute atomic E-state index is 12.9. The molecule has 1 heterocycles. The van der Waals surface area contributed by atoms with E-state index in [2.05, 4.69) is 10.2 Å². The summed E-state index contributed by atoms with van der Waals surface area (Å²) in [6.07, 6.45) is 8.29. The largest absolute Gasteiger partial charge is 0.465 e. The quantitative estimate of drug-likeness (QED) is 0.398. The number of hydrogen-bond acceptors (Lipinski definition) is 6. The van der Waals surface area contributed by atoms with Crippen molar-refractivity contribution in [1.29, 1.82) is 0 Å². The smallest absolute Gasteiger partial charge is 0.337 e. The Kier molecular flexibility index (Phi) is 8.46. The van der Waals surface area contributed by atoms with Crippen molar-refractivity contribution >= 4 is 29.4 Å². The zero-order valence-corrected chi connectivity index (χ0v) is 25.0. The molecule has 0 radical (unpaired) electrons. The molecule has 9 heteroatoms. The van der Waals surface area contributed by atoms with E-state index in [0.29, 0.717) is 48.1 Å². The first-order valence-electron chi connectivity index (χ1n) is 15.2. The molecule has 0 spiro atoms. The van der Waals surface area contributed by atoms with Crippen LogP contribution in [0.3, 0.4) is 0 Å². The van der Waals surface area contributed by atoms with Gasteiger partial charge in [0.25, 0.3) is 0 Å². The van der Waals surface area contributed by atoms with Gasteiger partial charge in [-0.1, -0.05) is 11.6 Å². The standard InChI is InChI=1S/C33H40ClN3O5/c1-41-32(40)26-2-4-28(5-3-26)42-29-14-25(13-27(34)15-29)21-36-6-8-37(9-7-36)31(39)20-35-30(38)19-33-16-22-10-23(17-33)12-24(11-22)18-33/h2-5,13-15,22-24H,6-12,16-21H2,1H3,(H,35,38). The molecule has 0 unspecified atom stereocenters. The van der Waals surface area contributed by atoms with E-state index in [1.807, 2.05) is 17.0 Å². The number of ether oxygens (including phenoxy) is 2. The Morgan fingerprint density at radius 3 is 2.17 bits per heavy atom. The number of nitrogens with zero attached hydrogens (tertiary/aromatic N) is 2. The fourth-order valence-electron chi connectivity index (χ4n) is 8.29. The van der Waals surface area contributed by atoms with Gasteiger partial charge in [0.15, 0.2) is 0 Å². The van der Waals surface area contributed by atoms with E-state index in [-0.39, 0.29) is 23.8 Å². The Labute approximate surface area is 252 Å². The highest BCUT2D eigenvalue weighted by Crippen LogP contribution is 2.61. The molecule has 224 valence electrons. The van der Waals surface area contributed by atoms with E-state index in [1.165, 1.54) is 45.6 Å². The molecule has 2 amide bonds. The molecule has 1 N–H and O–H groups in total. The van der Waals surface area contributed by atoms with Gasteiger partial charge in [-0.25, -0.2) is 4.79 Å². The van der Waals surface area contributed by atoms with Gasteiger partial charge in [0.1, 0.15) is 11.5 Å². The topological polar surface area (TPSA) is 88.2 Å². The van der Waals surface area contributed by atoms with E-state index in [1.54, 1.807) is 30.3 Å². The predicted molar refractivity (Wildman–Crippen MR) is 159 cm³/mol. The van der Waals surface area contributed by atoms with Gasteiger partial charge in [-0.2, -0.15) is 0 Å². The van der Waals surface area contributed by atoms with Crippen molar-refractivity contribution < 1.29 is 23.9 Å². The van der Waals surface area contributed by atoms with Crippen LogP contribution in [0.5, 0.6) is 11.5 Å². The molecule has 2 aromatic carbocycles. The highest BCUT2D eigenvalue weighted by molar-refractivity contribution is 6.30. The monoisotopic (exact) mass is 593 g/mol. The van der Waals surface area contributed by atoms with Crippen molar-refractivity contribution in [3.05, 3.63) is 58.6 Å². The number of hydrogen-bond donors (Lipinski definition) is 1. The minimum Gasteiger partial charge on any atom is -0.465 e. The Hall–Kier alpha value is -3.10. The van der Waals surface area contributed by atoms with Gasteiger partial charge in [-0.3, -0.25) is 14.5 Å². The molecule has 1 aliphatic heterocycles. The molecule has 4 aliphatic carbocycles. The summed E-state index contributed by atoms with van der Waals surface area (Å²) in [5.74, 6) is 3.30. The van der Waals surface area contributed by atoms with Gasteiger partial charge >= 0.3 is 5.97 Å². The molecule has 42 heavy (non-hydrogen) atoms. The van der Waals surface area contributed by atoms with Crippen molar-refractivity contribution in [1.82, 2.24) is 15.1 Å². The average molecular weight is 594 g/mol. The molecule has 4 saturated carbocycles. The fourth-order valence-corrected chi connectivity index (χ4v) is 8.54. The van der Waals surface area contributed by atoms with Crippen molar-refractivity contribution in [2.24, 2.45) is 23.2 Å². The van der Waals surface area contributed by atoms with E-state index >= 15 is 0 Å². The highest BCUT2D eigenvalue weighted by atomic mass is 35.5. The van der Waals surface area contributed by atoms with Gasteiger partial charge < -0.3 is 19.7 Å². The van der Waals surface area contributed by atoms with Gasteiger partial charge in [-0.15, -0.1) is 0 Å². The van der Waals surface area contributed by atoms with Crippen LogP contribution in [-0.4, -0.2) is 67.4 Å². The Morgan fingerprint density at radius 2 is 1.55 bits per heavy atom. The molecule has 0 atom stereocenters. The van der Waals surface area contributed by atoms with Crippen LogP contribution in [0, 0.1) is 23.2 Å². The number of piperazine rings is 1. The van der Waals surface area contributed by atoms with E-state index in [9.17, 15) is 14.4 Å². The summed E-state index contributed by atoms with van der Waals surface area (Å²) in [7, 11) is 1.35. The number of esters is 1. The molecule has 7 rings (SSSR count). The van der Waals surface area contributed by atoms with Crippen molar-refractivity contribution in [2.45, 2.75) is 51.5 Å². The number of nitrogens with one attached hydrogen (secondary N) is 1. The van der Waals surface area contributed by atoms with Crippen LogP contribution < -0.4 is 10.1 Å². The lowest BCUT2D eigenvalue weighted by Crippen LogP contribution is -2.51. The number of halogens is 1. The first-order valence-corrected chi connectivity index (χ1v) is 15.6. The average Bonchev–Trinajstić information content (AvgIpc) is 2.95. The minimum absolute atomic E-state index is 0.00910.